The van der Waals surface area contributed by atoms with Crippen molar-refractivity contribution in [2.24, 2.45) is 0 Å². The summed E-state index contributed by atoms with van der Waals surface area (Å²) in [6, 6.07) is 10.1. The van der Waals surface area contributed by atoms with Crippen molar-refractivity contribution in [2.75, 3.05) is 12.8 Å². The highest BCUT2D eigenvalue weighted by Gasteiger charge is 2.05. The summed E-state index contributed by atoms with van der Waals surface area (Å²) in [5, 5.41) is 4.83. The molecule has 0 unspecified atom stereocenters. The van der Waals surface area contributed by atoms with Gasteiger partial charge in [0.1, 0.15) is 0 Å². The third-order valence-electron chi connectivity index (χ3n) is 2.69. The number of benzene rings is 1. The minimum absolute atomic E-state index is 0.107. The van der Waals surface area contributed by atoms with E-state index in [9.17, 15) is 13.2 Å². The highest BCUT2D eigenvalue weighted by Crippen LogP contribution is 2.18. The van der Waals surface area contributed by atoms with E-state index >= 15 is 0 Å². The number of nitrogens with one attached hydrogen (secondary N) is 1. The minimum atomic E-state index is -3.28. The van der Waals surface area contributed by atoms with Gasteiger partial charge in [0.2, 0.25) is 10.0 Å². The molecule has 2 aromatic rings. The van der Waals surface area contributed by atoms with Gasteiger partial charge in [-0.1, -0.05) is 23.7 Å². The third-order valence-corrected chi connectivity index (χ3v) is 3.67. The predicted octanol–water partition coefficient (Wildman–Crippen LogP) is 1.11. The maximum absolute atomic E-state index is 11.7. The van der Waals surface area contributed by atoms with Crippen molar-refractivity contribution in [3.8, 4) is 11.3 Å². The predicted molar refractivity (Wildman–Crippen MR) is 81.8 cm³/mol. The van der Waals surface area contributed by atoms with E-state index < -0.39 is 10.0 Å². The molecule has 0 spiro atoms. The highest BCUT2D eigenvalue weighted by atomic mass is 35.5. The lowest BCUT2D eigenvalue weighted by Gasteiger charge is -2.07. The van der Waals surface area contributed by atoms with Crippen LogP contribution in [0.25, 0.3) is 11.3 Å². The summed E-state index contributed by atoms with van der Waals surface area (Å²) in [7, 11) is -3.28. The van der Waals surface area contributed by atoms with Crippen molar-refractivity contribution in [1.29, 1.82) is 0 Å². The second-order valence-corrected chi connectivity index (χ2v) is 6.72. The molecular weight excluding hydrogens is 314 g/mol. The van der Waals surface area contributed by atoms with Crippen molar-refractivity contribution in [2.45, 2.75) is 6.54 Å². The van der Waals surface area contributed by atoms with Gasteiger partial charge >= 0.3 is 0 Å². The molecule has 0 aliphatic carbocycles. The van der Waals surface area contributed by atoms with Gasteiger partial charge in [0, 0.05) is 23.2 Å². The monoisotopic (exact) mass is 327 g/mol. The van der Waals surface area contributed by atoms with E-state index in [1.165, 1.54) is 10.7 Å². The van der Waals surface area contributed by atoms with E-state index in [-0.39, 0.29) is 18.6 Å². The molecule has 1 N–H and O–H groups in total. The molecule has 0 fully saturated rings. The Morgan fingerprint density at radius 2 is 1.86 bits per heavy atom. The zero-order valence-corrected chi connectivity index (χ0v) is 12.9. The van der Waals surface area contributed by atoms with Crippen molar-refractivity contribution >= 4 is 21.6 Å². The molecule has 0 saturated carbocycles. The van der Waals surface area contributed by atoms with Crippen LogP contribution in [0, 0.1) is 0 Å². The molecule has 0 amide bonds. The summed E-state index contributed by atoms with van der Waals surface area (Å²) in [5.74, 6) is 0. The molecule has 6 nitrogen and oxygen atoms in total. The van der Waals surface area contributed by atoms with E-state index in [2.05, 4.69) is 9.82 Å². The van der Waals surface area contributed by atoms with Gasteiger partial charge in [-0.25, -0.2) is 17.8 Å². The van der Waals surface area contributed by atoms with Gasteiger partial charge in [-0.2, -0.15) is 5.10 Å². The van der Waals surface area contributed by atoms with Gasteiger partial charge in [0.15, 0.2) is 0 Å². The first-order valence-electron chi connectivity index (χ1n) is 6.14. The molecule has 2 rings (SSSR count). The maximum atomic E-state index is 11.7. The van der Waals surface area contributed by atoms with Crippen LogP contribution in [0.15, 0.2) is 41.2 Å². The minimum Gasteiger partial charge on any atom is -0.268 e. The van der Waals surface area contributed by atoms with Crippen molar-refractivity contribution in [3.63, 3.8) is 0 Å². The Bertz CT molecular complexity index is 785. The average molecular weight is 328 g/mol. The zero-order valence-electron chi connectivity index (χ0n) is 11.3. The molecule has 0 radical (unpaired) electrons. The molecule has 1 aromatic carbocycles. The summed E-state index contributed by atoms with van der Waals surface area (Å²) in [6.07, 6.45) is 1.06. The van der Waals surface area contributed by atoms with E-state index in [1.807, 2.05) is 0 Å². The first kappa shape index (κ1) is 15.7. The molecule has 0 atom stereocenters. The van der Waals surface area contributed by atoms with Gasteiger partial charge in [-0.05, 0) is 18.2 Å². The average Bonchev–Trinajstić information content (AvgIpc) is 2.40. The fourth-order valence-corrected chi connectivity index (χ4v) is 2.31. The van der Waals surface area contributed by atoms with Crippen molar-refractivity contribution < 1.29 is 8.42 Å². The van der Waals surface area contributed by atoms with Gasteiger partial charge in [0.25, 0.3) is 5.56 Å². The summed E-state index contributed by atoms with van der Waals surface area (Å²) < 4.78 is 25.5. The van der Waals surface area contributed by atoms with Gasteiger partial charge in [-0.3, -0.25) is 4.79 Å². The SMILES string of the molecule is CS(=O)(=O)NCCn1nc(-c2ccc(Cl)cc2)ccc1=O. The quantitative estimate of drug-likeness (QED) is 0.892. The molecule has 112 valence electrons. The summed E-state index contributed by atoms with van der Waals surface area (Å²) in [4.78, 5) is 11.7. The van der Waals surface area contributed by atoms with Crippen LogP contribution in [0.1, 0.15) is 0 Å². The highest BCUT2D eigenvalue weighted by molar-refractivity contribution is 7.88. The third kappa shape index (κ3) is 4.66. The lowest BCUT2D eigenvalue weighted by atomic mass is 10.1. The molecule has 1 heterocycles. The lowest BCUT2D eigenvalue weighted by molar-refractivity contribution is 0.552. The van der Waals surface area contributed by atoms with Crippen LogP contribution >= 0.6 is 11.6 Å². The van der Waals surface area contributed by atoms with Crippen LogP contribution in [-0.4, -0.2) is 31.0 Å². The van der Waals surface area contributed by atoms with E-state index in [1.54, 1.807) is 30.3 Å². The number of aromatic nitrogens is 2. The van der Waals surface area contributed by atoms with Crippen LogP contribution in [-0.2, 0) is 16.6 Å². The van der Waals surface area contributed by atoms with Crippen molar-refractivity contribution in [3.05, 3.63) is 51.8 Å². The fourth-order valence-electron chi connectivity index (χ4n) is 1.72. The number of sulfonamides is 1. The van der Waals surface area contributed by atoms with Crippen molar-refractivity contribution in [1.82, 2.24) is 14.5 Å². The van der Waals surface area contributed by atoms with Crippen LogP contribution < -0.4 is 10.3 Å². The Hall–Kier alpha value is -1.70. The standard InChI is InChI=1S/C13H14ClN3O3S/c1-21(19,20)15-8-9-17-13(18)7-6-12(16-17)10-2-4-11(14)5-3-10/h2-7,15H,8-9H2,1H3. The zero-order chi connectivity index (χ0) is 15.5. The van der Waals surface area contributed by atoms with Gasteiger partial charge < -0.3 is 0 Å². The summed E-state index contributed by atoms with van der Waals surface area (Å²) in [6.45, 7) is 0.267. The maximum Gasteiger partial charge on any atom is 0.266 e. The Labute approximate surface area is 127 Å². The molecule has 0 aliphatic heterocycles. The molecule has 1 aromatic heterocycles. The number of halogens is 1. The first-order valence-corrected chi connectivity index (χ1v) is 8.41. The first-order chi connectivity index (χ1) is 9.85. The number of rotatable bonds is 5. The topological polar surface area (TPSA) is 81.1 Å². The van der Waals surface area contributed by atoms with Crippen LogP contribution in [0.3, 0.4) is 0 Å². The normalized spacial score (nSPS) is 11.5. The molecule has 0 aliphatic rings. The Morgan fingerprint density at radius 1 is 1.19 bits per heavy atom. The number of hydrogen-bond donors (Lipinski definition) is 1. The summed E-state index contributed by atoms with van der Waals surface area (Å²) >= 11 is 5.83. The Kier molecular flexibility index (Phi) is 4.76. The van der Waals surface area contributed by atoms with Gasteiger partial charge in [0.05, 0.1) is 18.5 Å². The molecular formula is C13H14ClN3O3S. The molecule has 21 heavy (non-hydrogen) atoms. The lowest BCUT2D eigenvalue weighted by Crippen LogP contribution is -2.31. The van der Waals surface area contributed by atoms with Crippen LogP contribution in [0.4, 0.5) is 0 Å². The molecule has 0 saturated heterocycles. The fraction of sp³-hybridized carbons (Fsp3) is 0.231. The second-order valence-electron chi connectivity index (χ2n) is 4.45. The number of hydrogen-bond acceptors (Lipinski definition) is 4. The molecule has 8 heteroatoms. The van der Waals surface area contributed by atoms with E-state index in [0.717, 1.165) is 11.8 Å². The van der Waals surface area contributed by atoms with E-state index in [4.69, 9.17) is 11.6 Å². The van der Waals surface area contributed by atoms with Gasteiger partial charge in [-0.15, -0.1) is 0 Å². The van der Waals surface area contributed by atoms with Crippen LogP contribution in [0.5, 0.6) is 0 Å². The Morgan fingerprint density at radius 3 is 2.48 bits per heavy atom. The Balaban J connectivity index is 2.21. The molecule has 0 bridgehead atoms. The largest absolute Gasteiger partial charge is 0.268 e. The summed E-state index contributed by atoms with van der Waals surface area (Å²) in [5.41, 5.74) is 1.15. The second kappa shape index (κ2) is 6.38. The van der Waals surface area contributed by atoms with Crippen LogP contribution in [0.2, 0.25) is 5.02 Å². The van der Waals surface area contributed by atoms with E-state index in [0.29, 0.717) is 10.7 Å². The smallest absolute Gasteiger partial charge is 0.266 e. The number of nitrogens with zero attached hydrogens (tertiary/aromatic N) is 2.